The first-order valence-corrected chi connectivity index (χ1v) is 5.30. The van der Waals surface area contributed by atoms with E-state index < -0.39 is 5.37 Å². The lowest BCUT2D eigenvalue weighted by Gasteiger charge is -2.27. The van der Waals surface area contributed by atoms with Crippen LogP contribution < -0.4 is 0 Å². The van der Waals surface area contributed by atoms with E-state index in [1.54, 1.807) is 14.2 Å². The van der Waals surface area contributed by atoms with Crippen LogP contribution in [0.3, 0.4) is 0 Å². The van der Waals surface area contributed by atoms with E-state index >= 15 is 0 Å². The number of carbonyl (C=O) groups excluding carboxylic acids is 1. The Morgan fingerprint density at radius 1 is 1.40 bits per heavy atom. The Kier molecular flexibility index (Phi) is 6.89. The van der Waals surface area contributed by atoms with E-state index in [9.17, 15) is 4.79 Å². The van der Waals surface area contributed by atoms with Gasteiger partial charge in [-0.05, 0) is 31.9 Å². The average Bonchev–Trinajstić information content (AvgIpc) is 2.14. The van der Waals surface area contributed by atoms with Gasteiger partial charge in [0.1, 0.15) is 0 Å². The van der Waals surface area contributed by atoms with E-state index in [4.69, 9.17) is 21.1 Å². The summed E-state index contributed by atoms with van der Waals surface area (Å²) >= 11 is 5.31. The Balaban J connectivity index is 3.77. The van der Waals surface area contributed by atoms with Crippen LogP contribution in [0.15, 0.2) is 0 Å². The van der Waals surface area contributed by atoms with Crippen LogP contribution in [-0.4, -0.2) is 49.8 Å². The maximum atomic E-state index is 10.8. The van der Waals surface area contributed by atoms with Gasteiger partial charge in [0, 0.05) is 20.7 Å². The smallest absolute Gasteiger partial charge is 0.316 e. The van der Waals surface area contributed by atoms with Crippen LogP contribution in [-0.2, 0) is 9.47 Å². The van der Waals surface area contributed by atoms with Gasteiger partial charge in [-0.15, -0.1) is 0 Å². The summed E-state index contributed by atoms with van der Waals surface area (Å²) in [6.07, 6.45) is 0.742. The highest BCUT2D eigenvalue weighted by Gasteiger charge is 2.19. The van der Waals surface area contributed by atoms with Crippen molar-refractivity contribution in [2.45, 2.75) is 25.9 Å². The van der Waals surface area contributed by atoms with Gasteiger partial charge in [0.2, 0.25) is 0 Å². The largest absolute Gasteiger partial charge is 0.382 e. The molecule has 0 aliphatic heterocycles. The lowest BCUT2D eigenvalue weighted by Crippen LogP contribution is -2.33. The topological polar surface area (TPSA) is 38.8 Å². The molecule has 0 bridgehead atoms. The fourth-order valence-corrected chi connectivity index (χ4v) is 1.08. The lowest BCUT2D eigenvalue weighted by atomic mass is 10.1. The van der Waals surface area contributed by atoms with E-state index in [0.29, 0.717) is 19.8 Å². The molecule has 0 saturated heterocycles. The lowest BCUT2D eigenvalue weighted by molar-refractivity contribution is -0.0458. The molecule has 0 N–H and O–H groups in total. The second-order valence-electron chi connectivity index (χ2n) is 4.03. The summed E-state index contributed by atoms with van der Waals surface area (Å²) < 4.78 is 10.5. The van der Waals surface area contributed by atoms with Crippen LogP contribution in [0.4, 0.5) is 4.79 Å². The zero-order valence-electron chi connectivity index (χ0n) is 9.88. The van der Waals surface area contributed by atoms with Gasteiger partial charge in [-0.1, -0.05) is 0 Å². The molecular formula is C10H20ClNO3. The minimum atomic E-state index is -0.442. The summed E-state index contributed by atoms with van der Waals surface area (Å²) in [5.41, 5.74) is -0.265. The average molecular weight is 238 g/mol. The number of halogens is 1. The van der Waals surface area contributed by atoms with Crippen molar-refractivity contribution in [3.05, 3.63) is 0 Å². The van der Waals surface area contributed by atoms with Crippen LogP contribution in [0.1, 0.15) is 20.3 Å². The third kappa shape index (κ3) is 7.59. The van der Waals surface area contributed by atoms with Crippen molar-refractivity contribution in [2.75, 3.05) is 33.9 Å². The quantitative estimate of drug-likeness (QED) is 0.387. The summed E-state index contributed by atoms with van der Waals surface area (Å²) in [5, 5.41) is -0.442. The zero-order chi connectivity index (χ0) is 11.9. The van der Waals surface area contributed by atoms with Crippen molar-refractivity contribution in [2.24, 2.45) is 0 Å². The van der Waals surface area contributed by atoms with Gasteiger partial charge in [-0.3, -0.25) is 4.79 Å². The summed E-state index contributed by atoms with van der Waals surface area (Å²) in [7, 11) is 3.30. The SMILES string of the molecule is COCCOC(C)(C)CCN(C)C(=O)Cl. The molecule has 0 saturated carbocycles. The molecule has 0 radical (unpaired) electrons. The first kappa shape index (κ1) is 14.7. The van der Waals surface area contributed by atoms with Crippen LogP contribution in [0.2, 0.25) is 0 Å². The third-order valence-electron chi connectivity index (χ3n) is 2.13. The standard InChI is InChI=1S/C10H20ClNO3/c1-10(2,15-8-7-14-4)5-6-12(3)9(11)13/h5-8H2,1-4H3. The highest BCUT2D eigenvalue weighted by Crippen LogP contribution is 2.15. The van der Waals surface area contributed by atoms with Crippen molar-refractivity contribution >= 4 is 17.0 Å². The summed E-state index contributed by atoms with van der Waals surface area (Å²) in [5.74, 6) is 0. The first-order chi connectivity index (χ1) is 6.89. The Morgan fingerprint density at radius 3 is 2.47 bits per heavy atom. The molecule has 0 atom stereocenters. The zero-order valence-corrected chi connectivity index (χ0v) is 10.6. The van der Waals surface area contributed by atoms with Crippen molar-refractivity contribution in [1.82, 2.24) is 4.90 Å². The second-order valence-corrected chi connectivity index (χ2v) is 4.35. The van der Waals surface area contributed by atoms with Crippen LogP contribution in [0.25, 0.3) is 0 Å². The molecule has 1 amide bonds. The molecule has 0 heterocycles. The van der Waals surface area contributed by atoms with E-state index in [1.165, 1.54) is 4.90 Å². The van der Waals surface area contributed by atoms with Crippen LogP contribution >= 0.6 is 11.6 Å². The van der Waals surface area contributed by atoms with E-state index in [1.807, 2.05) is 13.8 Å². The van der Waals surface area contributed by atoms with Gasteiger partial charge in [0.25, 0.3) is 0 Å². The van der Waals surface area contributed by atoms with Gasteiger partial charge < -0.3 is 14.4 Å². The molecule has 0 rings (SSSR count). The Hall–Kier alpha value is -0.320. The number of hydrogen-bond acceptors (Lipinski definition) is 3. The number of hydrogen-bond donors (Lipinski definition) is 0. The van der Waals surface area contributed by atoms with Crippen LogP contribution in [0, 0.1) is 0 Å². The van der Waals surface area contributed by atoms with Gasteiger partial charge in [-0.2, -0.15) is 0 Å². The molecule has 0 unspecified atom stereocenters. The van der Waals surface area contributed by atoms with Crippen LogP contribution in [0.5, 0.6) is 0 Å². The molecule has 5 heteroatoms. The van der Waals surface area contributed by atoms with Gasteiger partial charge >= 0.3 is 5.37 Å². The summed E-state index contributed by atoms with van der Waals surface area (Å²) in [6.45, 7) is 5.68. The number of nitrogens with zero attached hydrogens (tertiary/aromatic N) is 1. The predicted octanol–water partition coefficient (Wildman–Crippen LogP) is 2.11. The number of amides is 1. The molecule has 0 aromatic carbocycles. The first-order valence-electron chi connectivity index (χ1n) is 4.92. The van der Waals surface area contributed by atoms with Crippen molar-refractivity contribution in [1.29, 1.82) is 0 Å². The summed E-state index contributed by atoms with van der Waals surface area (Å²) in [6, 6.07) is 0. The van der Waals surface area contributed by atoms with Crippen molar-refractivity contribution in [3.8, 4) is 0 Å². The molecule has 0 aliphatic rings. The second kappa shape index (κ2) is 7.04. The van der Waals surface area contributed by atoms with E-state index in [0.717, 1.165) is 6.42 Å². The van der Waals surface area contributed by atoms with Crippen molar-refractivity contribution < 1.29 is 14.3 Å². The Morgan fingerprint density at radius 2 is 2.00 bits per heavy atom. The van der Waals surface area contributed by atoms with Gasteiger partial charge in [0.15, 0.2) is 0 Å². The molecule has 0 aromatic heterocycles. The predicted molar refractivity (Wildman–Crippen MR) is 60.4 cm³/mol. The number of ether oxygens (including phenoxy) is 2. The molecule has 0 fully saturated rings. The molecule has 15 heavy (non-hydrogen) atoms. The molecule has 0 spiro atoms. The van der Waals surface area contributed by atoms with Crippen molar-refractivity contribution in [3.63, 3.8) is 0 Å². The van der Waals surface area contributed by atoms with E-state index in [2.05, 4.69) is 0 Å². The number of methoxy groups -OCH3 is 1. The highest BCUT2D eigenvalue weighted by molar-refractivity contribution is 6.62. The molecular weight excluding hydrogens is 218 g/mol. The molecule has 0 aromatic rings. The fourth-order valence-electron chi connectivity index (χ4n) is 0.998. The Labute approximate surface area is 96.5 Å². The molecule has 0 aliphatic carbocycles. The fraction of sp³-hybridized carbons (Fsp3) is 0.900. The molecule has 4 nitrogen and oxygen atoms in total. The van der Waals surface area contributed by atoms with E-state index in [-0.39, 0.29) is 5.60 Å². The maximum Gasteiger partial charge on any atom is 0.316 e. The Bertz CT molecular complexity index is 197. The maximum absolute atomic E-state index is 10.8. The minimum absolute atomic E-state index is 0.265. The number of rotatable bonds is 7. The number of carbonyl (C=O) groups is 1. The van der Waals surface area contributed by atoms with Gasteiger partial charge in [-0.25, -0.2) is 0 Å². The normalized spacial score (nSPS) is 11.5. The highest BCUT2D eigenvalue weighted by atomic mass is 35.5. The third-order valence-corrected chi connectivity index (χ3v) is 2.42. The minimum Gasteiger partial charge on any atom is -0.382 e. The summed E-state index contributed by atoms with van der Waals surface area (Å²) in [4.78, 5) is 12.2. The molecule has 90 valence electrons. The monoisotopic (exact) mass is 237 g/mol. The van der Waals surface area contributed by atoms with Gasteiger partial charge in [0.05, 0.1) is 18.8 Å².